The van der Waals surface area contributed by atoms with Gasteiger partial charge in [-0.1, -0.05) is 37.9 Å². The normalized spacial score (nSPS) is 12.5. The molecular weight excluding hydrogens is 368 g/mol. The number of benzene rings is 2. The SMILES string of the molecule is NC(c1cc(Br)ccc1Br)c1c(F)cccc1F. The summed E-state index contributed by atoms with van der Waals surface area (Å²) in [5.74, 6) is -1.29. The molecule has 0 aliphatic rings. The first kappa shape index (κ1) is 13.6. The third kappa shape index (κ3) is 2.63. The lowest BCUT2D eigenvalue weighted by Crippen LogP contribution is -2.16. The van der Waals surface area contributed by atoms with Crippen molar-refractivity contribution in [1.29, 1.82) is 0 Å². The maximum absolute atomic E-state index is 13.7. The van der Waals surface area contributed by atoms with E-state index in [1.165, 1.54) is 18.2 Å². The van der Waals surface area contributed by atoms with Gasteiger partial charge in [-0.3, -0.25) is 0 Å². The number of nitrogens with two attached hydrogens (primary N) is 1. The van der Waals surface area contributed by atoms with Crippen molar-refractivity contribution in [2.75, 3.05) is 0 Å². The molecule has 2 rings (SSSR count). The predicted molar refractivity (Wildman–Crippen MR) is 74.2 cm³/mol. The third-order valence-corrected chi connectivity index (χ3v) is 3.82. The van der Waals surface area contributed by atoms with Gasteiger partial charge in [0, 0.05) is 14.5 Å². The average molecular weight is 377 g/mol. The molecule has 2 N–H and O–H groups in total. The molecule has 0 spiro atoms. The molecule has 18 heavy (non-hydrogen) atoms. The summed E-state index contributed by atoms with van der Waals surface area (Å²) in [6.07, 6.45) is 0. The van der Waals surface area contributed by atoms with Crippen molar-refractivity contribution in [3.8, 4) is 0 Å². The van der Waals surface area contributed by atoms with E-state index in [9.17, 15) is 8.78 Å². The van der Waals surface area contributed by atoms with Gasteiger partial charge in [-0.05, 0) is 35.9 Å². The van der Waals surface area contributed by atoms with Crippen LogP contribution in [0.3, 0.4) is 0 Å². The molecule has 1 atom stereocenters. The summed E-state index contributed by atoms with van der Waals surface area (Å²) in [5.41, 5.74) is 6.45. The summed E-state index contributed by atoms with van der Waals surface area (Å²) >= 11 is 6.64. The lowest BCUT2D eigenvalue weighted by atomic mass is 9.99. The molecule has 94 valence electrons. The molecule has 5 heteroatoms. The topological polar surface area (TPSA) is 26.0 Å². The fraction of sp³-hybridized carbons (Fsp3) is 0.0769. The second kappa shape index (κ2) is 5.47. The summed E-state index contributed by atoms with van der Waals surface area (Å²) in [7, 11) is 0. The molecule has 0 saturated heterocycles. The second-order valence-electron chi connectivity index (χ2n) is 3.78. The highest BCUT2D eigenvalue weighted by atomic mass is 79.9. The van der Waals surface area contributed by atoms with Crippen molar-refractivity contribution < 1.29 is 8.78 Å². The van der Waals surface area contributed by atoms with Crippen LogP contribution in [0.4, 0.5) is 8.78 Å². The number of hydrogen-bond acceptors (Lipinski definition) is 1. The summed E-state index contributed by atoms with van der Waals surface area (Å²) in [6.45, 7) is 0. The van der Waals surface area contributed by atoms with Gasteiger partial charge in [0.05, 0.1) is 6.04 Å². The number of halogens is 4. The molecule has 0 saturated carbocycles. The maximum Gasteiger partial charge on any atom is 0.131 e. The Bertz CT molecular complexity index is 567. The molecule has 0 fully saturated rings. The summed E-state index contributed by atoms with van der Waals surface area (Å²) in [4.78, 5) is 0. The van der Waals surface area contributed by atoms with E-state index in [2.05, 4.69) is 31.9 Å². The van der Waals surface area contributed by atoms with E-state index < -0.39 is 17.7 Å². The van der Waals surface area contributed by atoms with Crippen LogP contribution in [0.1, 0.15) is 17.2 Å². The lowest BCUT2D eigenvalue weighted by molar-refractivity contribution is 0.543. The van der Waals surface area contributed by atoms with Crippen LogP contribution in [0.5, 0.6) is 0 Å². The van der Waals surface area contributed by atoms with Crippen molar-refractivity contribution in [2.45, 2.75) is 6.04 Å². The molecular formula is C13H9Br2F2N. The van der Waals surface area contributed by atoms with Gasteiger partial charge >= 0.3 is 0 Å². The quantitative estimate of drug-likeness (QED) is 0.818. The highest BCUT2D eigenvalue weighted by Gasteiger charge is 2.20. The Hall–Kier alpha value is -0.780. The van der Waals surface area contributed by atoms with E-state index in [0.29, 0.717) is 10.0 Å². The van der Waals surface area contributed by atoms with Gasteiger partial charge in [-0.2, -0.15) is 0 Å². The molecule has 0 bridgehead atoms. The fourth-order valence-electron chi connectivity index (χ4n) is 1.72. The van der Waals surface area contributed by atoms with E-state index in [0.717, 1.165) is 4.47 Å². The van der Waals surface area contributed by atoms with Crippen LogP contribution in [0, 0.1) is 11.6 Å². The van der Waals surface area contributed by atoms with Gasteiger partial charge in [0.2, 0.25) is 0 Å². The molecule has 2 aromatic rings. The van der Waals surface area contributed by atoms with Gasteiger partial charge in [0.15, 0.2) is 0 Å². The fourth-order valence-corrected chi connectivity index (χ4v) is 2.59. The van der Waals surface area contributed by atoms with Crippen LogP contribution >= 0.6 is 31.9 Å². The molecule has 1 unspecified atom stereocenters. The highest BCUT2D eigenvalue weighted by molar-refractivity contribution is 9.11. The zero-order valence-corrected chi connectivity index (χ0v) is 12.3. The van der Waals surface area contributed by atoms with Gasteiger partial charge in [-0.15, -0.1) is 0 Å². The Kier molecular flexibility index (Phi) is 4.14. The van der Waals surface area contributed by atoms with Gasteiger partial charge in [0.1, 0.15) is 11.6 Å². The molecule has 0 amide bonds. The maximum atomic E-state index is 13.7. The van der Waals surface area contributed by atoms with E-state index >= 15 is 0 Å². The largest absolute Gasteiger partial charge is 0.320 e. The third-order valence-electron chi connectivity index (χ3n) is 2.60. The van der Waals surface area contributed by atoms with Gasteiger partial charge in [-0.25, -0.2) is 8.78 Å². The van der Waals surface area contributed by atoms with Crippen molar-refractivity contribution in [3.63, 3.8) is 0 Å². The number of rotatable bonds is 2. The first-order chi connectivity index (χ1) is 8.50. The van der Waals surface area contributed by atoms with Crippen LogP contribution in [0.2, 0.25) is 0 Å². The highest BCUT2D eigenvalue weighted by Crippen LogP contribution is 2.31. The minimum Gasteiger partial charge on any atom is -0.320 e. The second-order valence-corrected chi connectivity index (χ2v) is 5.55. The minimum absolute atomic E-state index is 0.128. The monoisotopic (exact) mass is 375 g/mol. The Labute approximate surface area is 120 Å². The zero-order chi connectivity index (χ0) is 13.3. The molecule has 0 radical (unpaired) electrons. The Morgan fingerprint density at radius 1 is 1.00 bits per heavy atom. The Morgan fingerprint density at radius 3 is 2.22 bits per heavy atom. The molecule has 0 heterocycles. The molecule has 0 aliphatic carbocycles. The van der Waals surface area contributed by atoms with Crippen molar-refractivity contribution in [1.82, 2.24) is 0 Å². The van der Waals surface area contributed by atoms with Gasteiger partial charge in [0.25, 0.3) is 0 Å². The van der Waals surface area contributed by atoms with Crippen LogP contribution in [0.15, 0.2) is 45.3 Å². The number of hydrogen-bond donors (Lipinski definition) is 1. The lowest BCUT2D eigenvalue weighted by Gasteiger charge is -2.16. The average Bonchev–Trinajstić information content (AvgIpc) is 2.32. The van der Waals surface area contributed by atoms with E-state index in [1.54, 1.807) is 12.1 Å². The van der Waals surface area contributed by atoms with Crippen LogP contribution in [-0.4, -0.2) is 0 Å². The van der Waals surface area contributed by atoms with Crippen molar-refractivity contribution in [2.24, 2.45) is 5.73 Å². The molecule has 0 aliphatic heterocycles. The van der Waals surface area contributed by atoms with E-state index in [4.69, 9.17) is 5.73 Å². The minimum atomic E-state index is -0.863. The van der Waals surface area contributed by atoms with Crippen LogP contribution in [-0.2, 0) is 0 Å². The summed E-state index contributed by atoms with van der Waals surface area (Å²) in [6, 6.07) is 8.18. The first-order valence-electron chi connectivity index (χ1n) is 5.15. The van der Waals surface area contributed by atoms with Crippen molar-refractivity contribution >= 4 is 31.9 Å². The Morgan fingerprint density at radius 2 is 1.61 bits per heavy atom. The van der Waals surface area contributed by atoms with E-state index in [1.807, 2.05) is 6.07 Å². The molecule has 0 aromatic heterocycles. The van der Waals surface area contributed by atoms with Crippen LogP contribution in [0.25, 0.3) is 0 Å². The standard InChI is InChI=1S/C13H9Br2F2N/c14-7-4-5-9(15)8(6-7)13(18)12-10(16)2-1-3-11(12)17/h1-6,13H,18H2. The molecule has 1 nitrogen and oxygen atoms in total. The zero-order valence-electron chi connectivity index (χ0n) is 9.13. The summed E-state index contributed by atoms with van der Waals surface area (Å²) < 4.78 is 28.9. The first-order valence-corrected chi connectivity index (χ1v) is 6.73. The van der Waals surface area contributed by atoms with Gasteiger partial charge < -0.3 is 5.73 Å². The van der Waals surface area contributed by atoms with Crippen LogP contribution < -0.4 is 5.73 Å². The van der Waals surface area contributed by atoms with E-state index in [-0.39, 0.29) is 5.56 Å². The predicted octanol–water partition coefficient (Wildman–Crippen LogP) is 4.54. The summed E-state index contributed by atoms with van der Waals surface area (Å²) in [5, 5.41) is 0. The smallest absolute Gasteiger partial charge is 0.131 e. The van der Waals surface area contributed by atoms with Crippen molar-refractivity contribution in [3.05, 3.63) is 68.1 Å². The molecule has 2 aromatic carbocycles. The Balaban J connectivity index is 2.54.